The number of unbranched alkanes of at least 4 members (excludes halogenated alkanes) is 1. The van der Waals surface area contributed by atoms with Crippen LogP contribution in [0.2, 0.25) is 0 Å². The molecule has 0 atom stereocenters. The van der Waals surface area contributed by atoms with Crippen molar-refractivity contribution in [3.8, 4) is 0 Å². The minimum Gasteiger partial charge on any atom is -0.268 e. The molecule has 0 fully saturated rings. The topological polar surface area (TPSA) is 22.0 Å². The monoisotopic (exact) mass is 208 g/mol. The standard InChI is InChI=1S/C11H13NOS/c1-2-3-8-12-11(13)9-6-4-5-7-10(9)14-12/h4-7H,2-3,8H2,1H3/i6D. The fraction of sp³-hybridized carbons (Fsp3) is 0.364. The number of hydrogen-bond acceptors (Lipinski definition) is 2. The molecule has 14 heavy (non-hydrogen) atoms. The van der Waals surface area contributed by atoms with E-state index in [0.29, 0.717) is 11.4 Å². The Hall–Kier alpha value is -1.09. The van der Waals surface area contributed by atoms with Crippen molar-refractivity contribution in [1.82, 2.24) is 3.96 Å². The van der Waals surface area contributed by atoms with Crippen LogP contribution in [0.1, 0.15) is 21.1 Å². The highest BCUT2D eigenvalue weighted by Gasteiger charge is 2.04. The van der Waals surface area contributed by atoms with Crippen molar-refractivity contribution in [2.45, 2.75) is 26.3 Å². The Morgan fingerprint density at radius 2 is 2.43 bits per heavy atom. The lowest BCUT2D eigenvalue weighted by atomic mass is 10.3. The van der Waals surface area contributed by atoms with Gasteiger partial charge in [0.15, 0.2) is 0 Å². The largest absolute Gasteiger partial charge is 0.268 e. The van der Waals surface area contributed by atoms with Crippen LogP contribution in [0.25, 0.3) is 10.1 Å². The van der Waals surface area contributed by atoms with Crippen LogP contribution in [0, 0.1) is 0 Å². The Morgan fingerprint density at radius 3 is 3.14 bits per heavy atom. The molecule has 0 aliphatic rings. The number of fused-ring (bicyclic) bond motifs is 1. The van der Waals surface area contributed by atoms with E-state index in [1.54, 1.807) is 10.0 Å². The summed E-state index contributed by atoms with van der Waals surface area (Å²) in [6, 6.07) is 5.73. The fourth-order valence-corrected chi connectivity index (χ4v) is 2.41. The molecule has 0 amide bonds. The van der Waals surface area contributed by atoms with Crippen LogP contribution >= 0.6 is 11.5 Å². The van der Waals surface area contributed by atoms with Gasteiger partial charge in [0.2, 0.25) is 0 Å². The molecule has 0 radical (unpaired) electrons. The summed E-state index contributed by atoms with van der Waals surface area (Å²) < 4.78 is 10.4. The summed E-state index contributed by atoms with van der Waals surface area (Å²) in [7, 11) is 0. The van der Waals surface area contributed by atoms with E-state index >= 15 is 0 Å². The smallest absolute Gasteiger partial charge is 0.268 e. The molecule has 0 aliphatic heterocycles. The second-order valence-corrected chi connectivity index (χ2v) is 4.32. The van der Waals surface area contributed by atoms with Crippen molar-refractivity contribution >= 4 is 21.6 Å². The lowest BCUT2D eigenvalue weighted by Gasteiger charge is -1.95. The molecular formula is C11H13NOS. The zero-order chi connectivity index (χ0) is 10.8. The first-order chi connectivity index (χ1) is 7.24. The molecule has 0 bridgehead atoms. The lowest BCUT2D eigenvalue weighted by Crippen LogP contribution is -2.12. The van der Waals surface area contributed by atoms with Gasteiger partial charge in [-0.3, -0.25) is 8.75 Å². The summed E-state index contributed by atoms with van der Waals surface area (Å²) in [6.07, 6.45) is 2.09. The average molecular weight is 208 g/mol. The van der Waals surface area contributed by atoms with Crippen LogP contribution in [0.3, 0.4) is 0 Å². The highest BCUT2D eigenvalue weighted by atomic mass is 32.1. The van der Waals surface area contributed by atoms with Crippen LogP contribution in [-0.4, -0.2) is 3.96 Å². The molecule has 0 unspecified atom stereocenters. The van der Waals surface area contributed by atoms with Crippen LogP contribution in [0.5, 0.6) is 0 Å². The zero-order valence-electron chi connectivity index (χ0n) is 9.12. The molecule has 1 heterocycles. The van der Waals surface area contributed by atoms with Crippen LogP contribution in [-0.2, 0) is 6.54 Å². The Morgan fingerprint density at radius 1 is 1.57 bits per heavy atom. The average Bonchev–Trinajstić information content (AvgIpc) is 2.54. The van der Waals surface area contributed by atoms with E-state index in [9.17, 15) is 4.79 Å². The summed E-state index contributed by atoms with van der Waals surface area (Å²) in [6.45, 7) is 2.88. The zero-order valence-corrected chi connectivity index (χ0v) is 8.93. The van der Waals surface area contributed by atoms with Crippen molar-refractivity contribution in [2.75, 3.05) is 0 Å². The SMILES string of the molecule is [2H]c1cccc2sn(CCCC)c(=O)c12. The molecule has 2 aromatic rings. The molecule has 0 spiro atoms. The second-order valence-electron chi connectivity index (χ2n) is 3.26. The summed E-state index contributed by atoms with van der Waals surface area (Å²) >= 11 is 1.46. The molecule has 0 saturated heterocycles. The van der Waals surface area contributed by atoms with Gasteiger partial charge in [-0.05, 0) is 18.5 Å². The van der Waals surface area contributed by atoms with Crippen molar-refractivity contribution < 1.29 is 1.37 Å². The van der Waals surface area contributed by atoms with Gasteiger partial charge in [-0.15, -0.1) is 0 Å². The third-order valence-electron chi connectivity index (χ3n) is 2.18. The molecule has 2 nitrogen and oxygen atoms in total. The maximum atomic E-state index is 11.9. The van der Waals surface area contributed by atoms with Crippen LogP contribution < -0.4 is 5.56 Å². The van der Waals surface area contributed by atoms with Gasteiger partial charge in [-0.25, -0.2) is 0 Å². The molecule has 1 aromatic heterocycles. The van der Waals surface area contributed by atoms with Crippen LogP contribution in [0.4, 0.5) is 0 Å². The number of aryl methyl sites for hydroxylation is 1. The molecule has 2 rings (SSSR count). The molecule has 74 valence electrons. The molecule has 0 N–H and O–H groups in total. The highest BCUT2D eigenvalue weighted by molar-refractivity contribution is 7.13. The Kier molecular flexibility index (Phi) is 2.33. The normalized spacial score (nSPS) is 11.9. The van der Waals surface area contributed by atoms with E-state index in [1.807, 2.05) is 12.1 Å². The number of rotatable bonds is 3. The number of nitrogens with zero attached hydrogens (tertiary/aromatic N) is 1. The van der Waals surface area contributed by atoms with Gasteiger partial charge in [-0.2, -0.15) is 0 Å². The minimum atomic E-state index is -0.00551. The van der Waals surface area contributed by atoms with Crippen LogP contribution in [0.15, 0.2) is 29.0 Å². The van der Waals surface area contributed by atoms with Gasteiger partial charge >= 0.3 is 0 Å². The Labute approximate surface area is 88.4 Å². The highest BCUT2D eigenvalue weighted by Crippen LogP contribution is 2.16. The van der Waals surface area contributed by atoms with E-state index < -0.39 is 0 Å². The van der Waals surface area contributed by atoms with Gasteiger partial charge in [-0.1, -0.05) is 37.0 Å². The lowest BCUT2D eigenvalue weighted by molar-refractivity contribution is 0.660. The maximum Gasteiger partial charge on any atom is 0.268 e. The Bertz CT molecular complexity index is 529. The first-order valence-electron chi connectivity index (χ1n) is 5.33. The van der Waals surface area contributed by atoms with Gasteiger partial charge in [0.1, 0.15) is 0 Å². The van der Waals surface area contributed by atoms with E-state index in [1.165, 1.54) is 11.5 Å². The van der Waals surface area contributed by atoms with E-state index in [2.05, 4.69) is 6.92 Å². The summed E-state index contributed by atoms with van der Waals surface area (Å²) in [4.78, 5) is 11.9. The van der Waals surface area contributed by atoms with Crippen molar-refractivity contribution in [1.29, 1.82) is 0 Å². The van der Waals surface area contributed by atoms with Crippen molar-refractivity contribution in [2.24, 2.45) is 0 Å². The van der Waals surface area contributed by atoms with E-state index in [-0.39, 0.29) is 5.56 Å². The van der Waals surface area contributed by atoms with Gasteiger partial charge in [0.05, 0.1) is 11.5 Å². The quantitative estimate of drug-likeness (QED) is 0.760. The summed E-state index contributed by atoms with van der Waals surface area (Å²) in [5.41, 5.74) is -0.00551. The van der Waals surface area contributed by atoms with Gasteiger partial charge < -0.3 is 0 Å². The number of benzene rings is 1. The number of hydrogen-bond donors (Lipinski definition) is 0. The predicted molar refractivity (Wildman–Crippen MR) is 61.0 cm³/mol. The van der Waals surface area contributed by atoms with Gasteiger partial charge in [0.25, 0.3) is 5.56 Å². The van der Waals surface area contributed by atoms with Gasteiger partial charge in [0, 0.05) is 6.54 Å². The fourth-order valence-electron chi connectivity index (χ4n) is 1.40. The molecule has 3 heteroatoms. The first-order valence-corrected chi connectivity index (χ1v) is 5.61. The summed E-state index contributed by atoms with van der Waals surface area (Å²) in [5, 5.41) is 0.568. The predicted octanol–water partition coefficient (Wildman–Crippen LogP) is 2.86. The second kappa shape index (κ2) is 3.96. The third kappa shape index (κ3) is 1.60. The molecule has 0 aliphatic carbocycles. The molecule has 0 saturated carbocycles. The maximum absolute atomic E-state index is 11.9. The molecule has 1 aromatic carbocycles. The van der Waals surface area contributed by atoms with Crippen molar-refractivity contribution in [3.63, 3.8) is 0 Å². The third-order valence-corrected chi connectivity index (χ3v) is 3.29. The minimum absolute atomic E-state index is 0.00551. The first kappa shape index (κ1) is 8.24. The van der Waals surface area contributed by atoms with Crippen molar-refractivity contribution in [3.05, 3.63) is 34.6 Å². The number of aromatic nitrogens is 1. The Balaban J connectivity index is 2.55. The van der Waals surface area contributed by atoms with E-state index in [4.69, 9.17) is 1.37 Å². The summed E-state index contributed by atoms with van der Waals surface area (Å²) in [5.74, 6) is 0. The van der Waals surface area contributed by atoms with E-state index in [0.717, 1.165) is 24.1 Å². The molecular weight excluding hydrogens is 194 g/mol.